The van der Waals surface area contributed by atoms with Gasteiger partial charge in [-0.3, -0.25) is 20.0 Å². The smallest absolute Gasteiger partial charge is 0.158 e. The number of piperazine rings is 1. The first-order valence-corrected chi connectivity index (χ1v) is 9.33. The summed E-state index contributed by atoms with van der Waals surface area (Å²) in [4.78, 5) is 13.8. The zero-order valence-electron chi connectivity index (χ0n) is 14.7. The van der Waals surface area contributed by atoms with Crippen molar-refractivity contribution in [3.05, 3.63) is 36.8 Å². The molecule has 2 N–H and O–H groups in total. The minimum atomic E-state index is 0.628. The number of rotatable bonds is 3. The largest absolute Gasteiger partial charge is 0.353 e. The lowest BCUT2D eigenvalue weighted by atomic mass is 10.1. The summed E-state index contributed by atoms with van der Waals surface area (Å²) in [5.41, 5.74) is 2.95. The van der Waals surface area contributed by atoms with Gasteiger partial charge in [-0.15, -0.1) is 0 Å². The Bertz CT molecular complexity index is 885. The van der Waals surface area contributed by atoms with Crippen molar-refractivity contribution in [2.75, 3.05) is 44.2 Å². The molecule has 1 unspecified atom stereocenters. The first-order valence-electron chi connectivity index (χ1n) is 9.33. The molecule has 0 aromatic carbocycles. The van der Waals surface area contributed by atoms with E-state index in [9.17, 15) is 0 Å². The van der Waals surface area contributed by atoms with Crippen molar-refractivity contribution in [1.82, 2.24) is 30.4 Å². The Kier molecular flexibility index (Phi) is 4.03. The van der Waals surface area contributed by atoms with Crippen LogP contribution in [0.2, 0.25) is 0 Å². The van der Waals surface area contributed by atoms with E-state index in [4.69, 9.17) is 0 Å². The van der Waals surface area contributed by atoms with Gasteiger partial charge in [0.1, 0.15) is 0 Å². The third-order valence-electron chi connectivity index (χ3n) is 5.52. The second-order valence-electron chi connectivity index (χ2n) is 7.08. The number of anilines is 1. The molecule has 0 saturated carbocycles. The fraction of sp³-hybridized carbons (Fsp3) is 0.421. The molecule has 2 fully saturated rings. The van der Waals surface area contributed by atoms with E-state index < -0.39 is 0 Å². The SMILES string of the molecule is c1cncc(-c2cc3c(N4CCC(N5CCNCC5)C4)n[nH]c3cn2)c1. The monoisotopic (exact) mass is 349 g/mol. The van der Waals surface area contributed by atoms with Crippen LogP contribution in [0.4, 0.5) is 5.82 Å². The Morgan fingerprint density at radius 1 is 1.12 bits per heavy atom. The molecule has 1 atom stereocenters. The van der Waals surface area contributed by atoms with Crippen LogP contribution in [0.3, 0.4) is 0 Å². The van der Waals surface area contributed by atoms with Gasteiger partial charge in [-0.05, 0) is 24.6 Å². The van der Waals surface area contributed by atoms with Gasteiger partial charge in [0.05, 0.1) is 17.4 Å². The van der Waals surface area contributed by atoms with Gasteiger partial charge in [-0.1, -0.05) is 0 Å². The minimum Gasteiger partial charge on any atom is -0.353 e. The van der Waals surface area contributed by atoms with Gasteiger partial charge in [-0.25, -0.2) is 0 Å². The van der Waals surface area contributed by atoms with Crippen LogP contribution < -0.4 is 10.2 Å². The van der Waals surface area contributed by atoms with Crippen molar-refractivity contribution >= 4 is 16.7 Å². The summed E-state index contributed by atoms with van der Waals surface area (Å²) >= 11 is 0. The van der Waals surface area contributed by atoms with E-state index in [0.717, 1.165) is 67.2 Å². The predicted octanol–water partition coefficient (Wildman–Crippen LogP) is 1.50. The zero-order chi connectivity index (χ0) is 17.3. The molecule has 0 spiro atoms. The molecule has 5 heterocycles. The number of hydrogen-bond acceptors (Lipinski definition) is 6. The quantitative estimate of drug-likeness (QED) is 0.747. The molecule has 2 aliphatic rings. The Morgan fingerprint density at radius 2 is 2.04 bits per heavy atom. The molecule has 5 rings (SSSR count). The van der Waals surface area contributed by atoms with Crippen molar-refractivity contribution in [1.29, 1.82) is 0 Å². The second kappa shape index (κ2) is 6.66. The van der Waals surface area contributed by atoms with Crippen LogP contribution in [0.1, 0.15) is 6.42 Å². The fourth-order valence-corrected chi connectivity index (χ4v) is 4.10. The van der Waals surface area contributed by atoms with Crippen LogP contribution >= 0.6 is 0 Å². The van der Waals surface area contributed by atoms with Crippen LogP contribution in [-0.4, -0.2) is 70.4 Å². The predicted molar refractivity (Wildman–Crippen MR) is 102 cm³/mol. The molecule has 0 amide bonds. The summed E-state index contributed by atoms with van der Waals surface area (Å²) in [7, 11) is 0. The molecule has 7 nitrogen and oxygen atoms in total. The topological polar surface area (TPSA) is 73.0 Å². The van der Waals surface area contributed by atoms with Crippen molar-refractivity contribution in [3.8, 4) is 11.3 Å². The number of aromatic nitrogens is 4. The second-order valence-corrected chi connectivity index (χ2v) is 7.08. The Morgan fingerprint density at radius 3 is 2.88 bits per heavy atom. The van der Waals surface area contributed by atoms with Crippen molar-refractivity contribution in [3.63, 3.8) is 0 Å². The van der Waals surface area contributed by atoms with Gasteiger partial charge in [0, 0.05) is 68.7 Å². The van der Waals surface area contributed by atoms with Crippen LogP contribution in [-0.2, 0) is 0 Å². The summed E-state index contributed by atoms with van der Waals surface area (Å²) in [6, 6.07) is 6.74. The Hall–Kier alpha value is -2.51. The average Bonchev–Trinajstić information content (AvgIpc) is 3.36. The number of nitrogens with zero attached hydrogens (tertiary/aromatic N) is 5. The van der Waals surface area contributed by atoms with Crippen molar-refractivity contribution < 1.29 is 0 Å². The van der Waals surface area contributed by atoms with Crippen molar-refractivity contribution in [2.24, 2.45) is 0 Å². The summed E-state index contributed by atoms with van der Waals surface area (Å²) < 4.78 is 0. The van der Waals surface area contributed by atoms with Gasteiger partial charge >= 0.3 is 0 Å². The molecule has 0 bridgehead atoms. The van der Waals surface area contributed by atoms with Crippen LogP contribution in [0.5, 0.6) is 0 Å². The lowest BCUT2D eigenvalue weighted by Gasteiger charge is -2.32. The minimum absolute atomic E-state index is 0.628. The molecule has 0 radical (unpaired) electrons. The highest BCUT2D eigenvalue weighted by Crippen LogP contribution is 2.30. The van der Waals surface area contributed by atoms with Crippen LogP contribution in [0, 0.1) is 0 Å². The Labute approximate surface area is 152 Å². The van der Waals surface area contributed by atoms with Gasteiger partial charge < -0.3 is 10.2 Å². The van der Waals surface area contributed by atoms with E-state index in [2.05, 4.69) is 41.3 Å². The Balaban J connectivity index is 1.42. The molecule has 0 aliphatic carbocycles. The first-order chi connectivity index (χ1) is 12.9. The van der Waals surface area contributed by atoms with E-state index >= 15 is 0 Å². The third kappa shape index (κ3) is 2.83. The number of hydrogen-bond donors (Lipinski definition) is 2. The lowest BCUT2D eigenvalue weighted by molar-refractivity contribution is 0.185. The standard InChI is InChI=1S/C19H23N7/c1-2-14(11-21-4-1)17-10-16-18(12-22-17)23-24-19(16)26-7-3-15(13-26)25-8-5-20-6-9-25/h1-2,4,10-12,15,20H,3,5-9,13H2,(H,23,24). The fourth-order valence-electron chi connectivity index (χ4n) is 4.10. The summed E-state index contributed by atoms with van der Waals surface area (Å²) in [5.74, 6) is 1.05. The molecule has 2 aliphatic heterocycles. The van der Waals surface area contributed by atoms with Gasteiger partial charge in [0.2, 0.25) is 0 Å². The van der Waals surface area contributed by atoms with E-state index in [-0.39, 0.29) is 0 Å². The summed E-state index contributed by atoms with van der Waals surface area (Å²) in [5, 5.41) is 12.3. The van der Waals surface area contributed by atoms with E-state index in [0.29, 0.717) is 6.04 Å². The van der Waals surface area contributed by atoms with E-state index in [1.54, 1.807) is 6.20 Å². The maximum Gasteiger partial charge on any atom is 0.158 e. The number of fused-ring (bicyclic) bond motifs is 1. The molecule has 3 aromatic rings. The molecule has 3 aromatic heterocycles. The maximum atomic E-state index is 4.61. The zero-order valence-corrected chi connectivity index (χ0v) is 14.7. The molecular formula is C19H23N7. The van der Waals surface area contributed by atoms with E-state index in [1.807, 2.05) is 24.5 Å². The average molecular weight is 349 g/mol. The highest BCUT2D eigenvalue weighted by Gasteiger charge is 2.30. The molecular weight excluding hydrogens is 326 g/mol. The van der Waals surface area contributed by atoms with Crippen LogP contribution in [0.15, 0.2) is 36.8 Å². The number of H-pyrrole nitrogens is 1. The maximum absolute atomic E-state index is 4.61. The van der Waals surface area contributed by atoms with Crippen molar-refractivity contribution in [2.45, 2.75) is 12.5 Å². The van der Waals surface area contributed by atoms with Gasteiger partial charge in [0.15, 0.2) is 5.82 Å². The molecule has 26 heavy (non-hydrogen) atoms. The third-order valence-corrected chi connectivity index (χ3v) is 5.52. The number of pyridine rings is 2. The summed E-state index contributed by atoms with van der Waals surface area (Å²) in [6.07, 6.45) is 6.71. The van der Waals surface area contributed by atoms with E-state index in [1.165, 1.54) is 6.42 Å². The number of nitrogens with one attached hydrogen (secondary N) is 2. The molecule has 134 valence electrons. The normalized spacial score (nSPS) is 21.5. The lowest BCUT2D eigenvalue weighted by Crippen LogP contribution is -2.49. The molecule has 7 heteroatoms. The van der Waals surface area contributed by atoms with Gasteiger partial charge in [0.25, 0.3) is 0 Å². The van der Waals surface area contributed by atoms with Gasteiger partial charge in [-0.2, -0.15) is 5.10 Å². The highest BCUT2D eigenvalue weighted by atomic mass is 15.3. The summed E-state index contributed by atoms with van der Waals surface area (Å²) in [6.45, 7) is 6.59. The molecule has 2 saturated heterocycles. The van der Waals surface area contributed by atoms with Crippen LogP contribution in [0.25, 0.3) is 22.2 Å². The highest BCUT2D eigenvalue weighted by molar-refractivity contribution is 5.92. The number of aromatic amines is 1. The first kappa shape index (κ1) is 15.7.